The Bertz CT molecular complexity index is 900. The highest BCUT2D eigenvalue weighted by atomic mass is 79.9. The smallest absolute Gasteiger partial charge is 0.257 e. The van der Waals surface area contributed by atoms with Gasteiger partial charge in [0.1, 0.15) is 0 Å². The molecule has 3 nitrogen and oxygen atoms in total. The number of halogens is 1. The molecule has 0 spiro atoms. The third-order valence-electron chi connectivity index (χ3n) is 4.16. The molecule has 0 atom stereocenters. The Morgan fingerprint density at radius 2 is 1.96 bits per heavy atom. The van der Waals surface area contributed by atoms with Gasteiger partial charge in [-0.1, -0.05) is 6.07 Å². The predicted octanol–water partition coefficient (Wildman–Crippen LogP) is 5.77. The lowest BCUT2D eigenvalue weighted by Gasteiger charge is -2.16. The van der Waals surface area contributed by atoms with E-state index in [4.69, 9.17) is 0 Å². The van der Waals surface area contributed by atoms with Crippen LogP contribution in [-0.4, -0.2) is 10.9 Å². The summed E-state index contributed by atoms with van der Waals surface area (Å²) in [5, 5.41) is 5.53. The Morgan fingerprint density at radius 1 is 1.12 bits per heavy atom. The number of nitrogens with one attached hydrogen (secondary N) is 1. The lowest BCUT2D eigenvalue weighted by molar-refractivity contribution is 0.102. The number of aryl methyl sites for hydroxylation is 2. The van der Waals surface area contributed by atoms with Gasteiger partial charge in [0.05, 0.1) is 14.4 Å². The zero-order valence-electron chi connectivity index (χ0n) is 12.8. The van der Waals surface area contributed by atoms with Gasteiger partial charge in [0.15, 0.2) is 5.13 Å². The van der Waals surface area contributed by atoms with E-state index in [0.29, 0.717) is 10.7 Å². The molecule has 6 heteroatoms. The third kappa shape index (κ3) is 3.31. The number of benzene rings is 1. The van der Waals surface area contributed by atoms with Crippen molar-refractivity contribution in [2.45, 2.75) is 25.7 Å². The van der Waals surface area contributed by atoms with E-state index >= 15 is 0 Å². The second-order valence-electron chi connectivity index (χ2n) is 5.79. The zero-order valence-corrected chi connectivity index (χ0v) is 16.1. The van der Waals surface area contributed by atoms with Gasteiger partial charge in [-0.3, -0.25) is 10.1 Å². The maximum atomic E-state index is 12.5. The van der Waals surface area contributed by atoms with E-state index in [1.165, 1.54) is 35.3 Å². The van der Waals surface area contributed by atoms with Crippen molar-refractivity contribution in [2.24, 2.45) is 0 Å². The first-order valence-corrected chi connectivity index (χ1v) is 10.3. The van der Waals surface area contributed by atoms with Crippen molar-refractivity contribution < 1.29 is 4.79 Å². The van der Waals surface area contributed by atoms with E-state index in [1.54, 1.807) is 11.3 Å². The molecule has 0 saturated carbocycles. The van der Waals surface area contributed by atoms with Crippen LogP contribution in [0.2, 0.25) is 0 Å². The van der Waals surface area contributed by atoms with Gasteiger partial charge in [-0.25, -0.2) is 4.98 Å². The lowest BCUT2D eigenvalue weighted by atomic mass is 9.90. The minimum Gasteiger partial charge on any atom is -0.298 e. The first-order chi connectivity index (χ1) is 11.7. The predicted molar refractivity (Wildman–Crippen MR) is 104 cm³/mol. The van der Waals surface area contributed by atoms with E-state index in [1.807, 2.05) is 29.6 Å². The van der Waals surface area contributed by atoms with Crippen molar-refractivity contribution >= 4 is 49.6 Å². The Morgan fingerprint density at radius 3 is 2.75 bits per heavy atom. The van der Waals surface area contributed by atoms with Gasteiger partial charge >= 0.3 is 0 Å². The van der Waals surface area contributed by atoms with Crippen LogP contribution in [0.15, 0.2) is 39.5 Å². The Labute approximate surface area is 156 Å². The maximum absolute atomic E-state index is 12.5. The highest BCUT2D eigenvalue weighted by Crippen LogP contribution is 2.33. The van der Waals surface area contributed by atoms with E-state index in [-0.39, 0.29) is 5.91 Å². The fourth-order valence-corrected chi connectivity index (χ4v) is 5.07. The number of anilines is 1. The number of carbonyl (C=O) groups excluding carboxylic acids is 1. The number of carbonyl (C=O) groups is 1. The van der Waals surface area contributed by atoms with Gasteiger partial charge < -0.3 is 0 Å². The standard InChI is InChI=1S/C18H15BrN2OS2/c19-16-8-7-15(24-16)14-10-23-18(20-14)21-17(22)13-6-5-11-3-1-2-4-12(11)9-13/h5-10H,1-4H2,(H,20,21,22). The third-order valence-corrected chi connectivity index (χ3v) is 6.56. The summed E-state index contributed by atoms with van der Waals surface area (Å²) in [4.78, 5) is 18.1. The molecule has 24 heavy (non-hydrogen) atoms. The van der Waals surface area contributed by atoms with Gasteiger partial charge in [-0.15, -0.1) is 22.7 Å². The normalized spacial score (nSPS) is 13.5. The van der Waals surface area contributed by atoms with Gasteiger partial charge in [-0.05, 0) is 77.0 Å². The summed E-state index contributed by atoms with van der Waals surface area (Å²) in [7, 11) is 0. The van der Waals surface area contributed by atoms with Crippen molar-refractivity contribution in [1.29, 1.82) is 0 Å². The highest BCUT2D eigenvalue weighted by molar-refractivity contribution is 9.11. The van der Waals surface area contributed by atoms with Crippen LogP contribution in [0.4, 0.5) is 5.13 Å². The fourth-order valence-electron chi connectivity index (χ4n) is 2.94. The van der Waals surface area contributed by atoms with E-state index in [9.17, 15) is 4.79 Å². The van der Waals surface area contributed by atoms with Crippen LogP contribution in [0, 0.1) is 0 Å². The van der Waals surface area contributed by atoms with Gasteiger partial charge in [0, 0.05) is 10.9 Å². The maximum Gasteiger partial charge on any atom is 0.257 e. The monoisotopic (exact) mass is 418 g/mol. The molecule has 4 rings (SSSR count). The molecule has 122 valence electrons. The number of hydrogen-bond donors (Lipinski definition) is 1. The van der Waals surface area contributed by atoms with E-state index < -0.39 is 0 Å². The molecule has 0 radical (unpaired) electrons. The summed E-state index contributed by atoms with van der Waals surface area (Å²) in [5.41, 5.74) is 4.32. The SMILES string of the molecule is O=C(Nc1nc(-c2ccc(Br)s2)cs1)c1ccc2c(c1)CCCC2. The van der Waals surface area contributed by atoms with Gasteiger partial charge in [-0.2, -0.15) is 0 Å². The first-order valence-electron chi connectivity index (χ1n) is 7.83. The minimum absolute atomic E-state index is 0.0865. The molecule has 1 amide bonds. The number of thiophene rings is 1. The number of amides is 1. The number of thiazole rings is 1. The summed E-state index contributed by atoms with van der Waals surface area (Å²) in [6.45, 7) is 0. The van der Waals surface area contributed by atoms with Crippen LogP contribution < -0.4 is 5.32 Å². The molecule has 2 aromatic heterocycles. The van der Waals surface area contributed by atoms with E-state index in [2.05, 4.69) is 32.3 Å². The van der Waals surface area contributed by atoms with Crippen LogP contribution >= 0.6 is 38.6 Å². The van der Waals surface area contributed by atoms with Crippen molar-refractivity contribution in [3.8, 4) is 10.6 Å². The number of aromatic nitrogens is 1. The van der Waals surface area contributed by atoms with Crippen molar-refractivity contribution in [3.05, 3.63) is 56.2 Å². The van der Waals surface area contributed by atoms with Crippen molar-refractivity contribution in [1.82, 2.24) is 4.98 Å². The largest absolute Gasteiger partial charge is 0.298 e. The molecule has 0 saturated heterocycles. The zero-order chi connectivity index (χ0) is 16.5. The summed E-state index contributed by atoms with van der Waals surface area (Å²) < 4.78 is 1.07. The number of rotatable bonds is 3. The molecular weight excluding hydrogens is 404 g/mol. The topological polar surface area (TPSA) is 42.0 Å². The summed E-state index contributed by atoms with van der Waals surface area (Å²) in [6, 6.07) is 10.1. The molecule has 1 aliphatic carbocycles. The van der Waals surface area contributed by atoms with Crippen LogP contribution in [0.3, 0.4) is 0 Å². The molecule has 1 N–H and O–H groups in total. The van der Waals surface area contributed by atoms with Crippen molar-refractivity contribution in [2.75, 3.05) is 5.32 Å². The average molecular weight is 419 g/mol. The Balaban J connectivity index is 1.51. The molecule has 0 aliphatic heterocycles. The lowest BCUT2D eigenvalue weighted by Crippen LogP contribution is -2.13. The van der Waals surface area contributed by atoms with Gasteiger partial charge in [0.2, 0.25) is 0 Å². The van der Waals surface area contributed by atoms with Crippen LogP contribution in [-0.2, 0) is 12.8 Å². The summed E-state index contributed by atoms with van der Waals surface area (Å²) in [6.07, 6.45) is 4.66. The van der Waals surface area contributed by atoms with Crippen LogP contribution in [0.1, 0.15) is 34.3 Å². The highest BCUT2D eigenvalue weighted by Gasteiger charge is 2.14. The number of hydrogen-bond acceptors (Lipinski definition) is 4. The first kappa shape index (κ1) is 16.0. The fraction of sp³-hybridized carbons (Fsp3) is 0.222. The molecule has 0 unspecified atom stereocenters. The molecule has 1 aliphatic rings. The second-order valence-corrected chi connectivity index (χ2v) is 9.11. The molecule has 0 bridgehead atoms. The average Bonchev–Trinajstić information content (AvgIpc) is 3.23. The number of nitrogens with zero attached hydrogens (tertiary/aromatic N) is 1. The Hall–Kier alpha value is -1.50. The second kappa shape index (κ2) is 6.78. The molecule has 3 aromatic rings. The van der Waals surface area contributed by atoms with E-state index in [0.717, 1.165) is 27.2 Å². The minimum atomic E-state index is -0.0865. The Kier molecular flexibility index (Phi) is 4.52. The quantitative estimate of drug-likeness (QED) is 0.586. The van der Waals surface area contributed by atoms with Gasteiger partial charge in [0.25, 0.3) is 5.91 Å². The van der Waals surface area contributed by atoms with Crippen molar-refractivity contribution in [3.63, 3.8) is 0 Å². The molecular formula is C18H15BrN2OS2. The molecule has 1 aromatic carbocycles. The molecule has 0 fully saturated rings. The summed E-state index contributed by atoms with van der Waals surface area (Å²) >= 11 is 6.55. The number of fused-ring (bicyclic) bond motifs is 1. The summed E-state index contributed by atoms with van der Waals surface area (Å²) in [5.74, 6) is -0.0865. The molecule has 2 heterocycles. The van der Waals surface area contributed by atoms with Crippen LogP contribution in [0.25, 0.3) is 10.6 Å². The van der Waals surface area contributed by atoms with Crippen LogP contribution in [0.5, 0.6) is 0 Å².